The molecule has 5 heteroatoms. The van der Waals surface area contributed by atoms with Crippen molar-refractivity contribution in [1.29, 1.82) is 0 Å². The topological polar surface area (TPSA) is 77.0 Å². The van der Waals surface area contributed by atoms with E-state index in [1.807, 2.05) is 25.1 Å². The third-order valence-electron chi connectivity index (χ3n) is 3.00. The number of aromatic nitrogens is 2. The highest BCUT2D eigenvalue weighted by Gasteiger charge is 2.08. The van der Waals surface area contributed by atoms with E-state index >= 15 is 0 Å². The maximum atomic E-state index is 5.58. The molecule has 106 valence electrons. The summed E-state index contributed by atoms with van der Waals surface area (Å²) in [6.07, 6.45) is 3.01. The summed E-state index contributed by atoms with van der Waals surface area (Å²) in [7, 11) is 0. The fourth-order valence-electron chi connectivity index (χ4n) is 2.00. The zero-order chi connectivity index (χ0) is 14.4. The Bertz CT molecular complexity index is 572. The van der Waals surface area contributed by atoms with Gasteiger partial charge in [-0.05, 0) is 36.6 Å². The van der Waals surface area contributed by atoms with Crippen molar-refractivity contribution in [2.75, 3.05) is 18.4 Å². The minimum absolute atomic E-state index is 0.448. The van der Waals surface area contributed by atoms with Crippen LogP contribution in [0, 0.1) is 0 Å². The van der Waals surface area contributed by atoms with Crippen LogP contribution in [0.1, 0.15) is 25.8 Å². The first kappa shape index (κ1) is 14.3. The monoisotopic (exact) mass is 272 g/mol. The van der Waals surface area contributed by atoms with Gasteiger partial charge < -0.3 is 15.5 Å². The summed E-state index contributed by atoms with van der Waals surface area (Å²) in [5.41, 5.74) is 8.91. The van der Waals surface area contributed by atoms with Gasteiger partial charge in [-0.15, -0.1) is 5.10 Å². The van der Waals surface area contributed by atoms with Gasteiger partial charge in [-0.1, -0.05) is 30.2 Å². The molecule has 0 bridgehead atoms. The van der Waals surface area contributed by atoms with Crippen LogP contribution in [0.15, 0.2) is 34.8 Å². The van der Waals surface area contributed by atoms with Gasteiger partial charge in [0, 0.05) is 18.7 Å². The van der Waals surface area contributed by atoms with Gasteiger partial charge in [0.2, 0.25) is 5.89 Å². The lowest BCUT2D eigenvalue weighted by molar-refractivity contribution is 0.582. The summed E-state index contributed by atoms with van der Waals surface area (Å²) in [4.78, 5) is 0. The van der Waals surface area contributed by atoms with E-state index in [1.54, 1.807) is 0 Å². The van der Waals surface area contributed by atoms with Crippen molar-refractivity contribution >= 4 is 11.6 Å². The molecule has 0 unspecified atom stereocenters. The standard InChI is InChI=1S/C15H20N4O/c1-3-11(9-10-16)12-5-7-13(8-6-12)14-18-19-15(20-14)17-4-2/h5-9H,3-4,10,16H2,1-2H3,(H,17,19)/b11-9+. The Labute approximate surface area is 118 Å². The molecular weight excluding hydrogens is 252 g/mol. The summed E-state index contributed by atoms with van der Waals surface area (Å²) < 4.78 is 5.52. The third kappa shape index (κ3) is 3.24. The summed E-state index contributed by atoms with van der Waals surface area (Å²) in [5.74, 6) is 0.522. The van der Waals surface area contributed by atoms with Crippen LogP contribution in [0.3, 0.4) is 0 Å². The number of hydrogen-bond acceptors (Lipinski definition) is 5. The molecule has 0 atom stereocenters. The van der Waals surface area contributed by atoms with Gasteiger partial charge in [-0.2, -0.15) is 0 Å². The molecule has 0 radical (unpaired) electrons. The fourth-order valence-corrected chi connectivity index (χ4v) is 2.00. The zero-order valence-electron chi connectivity index (χ0n) is 11.9. The number of rotatable bonds is 6. The Kier molecular flexibility index (Phi) is 4.90. The molecule has 0 spiro atoms. The number of anilines is 1. The lowest BCUT2D eigenvalue weighted by Crippen LogP contribution is -1.95. The molecule has 1 heterocycles. The van der Waals surface area contributed by atoms with E-state index in [9.17, 15) is 0 Å². The summed E-state index contributed by atoms with van der Waals surface area (Å²) >= 11 is 0. The Morgan fingerprint density at radius 3 is 2.60 bits per heavy atom. The average molecular weight is 272 g/mol. The summed E-state index contributed by atoms with van der Waals surface area (Å²) in [5, 5.41) is 10.9. The van der Waals surface area contributed by atoms with Crippen LogP contribution in [0.25, 0.3) is 17.0 Å². The second-order valence-corrected chi connectivity index (χ2v) is 4.34. The Morgan fingerprint density at radius 2 is 2.00 bits per heavy atom. The van der Waals surface area contributed by atoms with E-state index in [4.69, 9.17) is 10.2 Å². The fraction of sp³-hybridized carbons (Fsp3) is 0.333. The first-order valence-electron chi connectivity index (χ1n) is 6.85. The van der Waals surface area contributed by atoms with Crippen molar-refractivity contribution in [3.8, 4) is 11.5 Å². The van der Waals surface area contributed by atoms with Crippen LogP contribution in [-0.4, -0.2) is 23.3 Å². The minimum Gasteiger partial charge on any atom is -0.403 e. The lowest BCUT2D eigenvalue weighted by atomic mass is 10.0. The first-order valence-corrected chi connectivity index (χ1v) is 6.85. The van der Waals surface area contributed by atoms with Crippen LogP contribution < -0.4 is 11.1 Å². The van der Waals surface area contributed by atoms with E-state index in [2.05, 4.69) is 34.6 Å². The molecule has 3 N–H and O–H groups in total. The second kappa shape index (κ2) is 6.86. The summed E-state index contributed by atoms with van der Waals surface area (Å²) in [6, 6.07) is 8.52. The predicted octanol–water partition coefficient (Wildman–Crippen LogP) is 2.92. The molecule has 1 aromatic carbocycles. The number of nitrogens with zero attached hydrogens (tertiary/aromatic N) is 2. The van der Waals surface area contributed by atoms with E-state index in [1.165, 1.54) is 11.1 Å². The molecular formula is C15H20N4O. The third-order valence-corrected chi connectivity index (χ3v) is 3.00. The molecule has 0 fully saturated rings. The Hall–Kier alpha value is -2.14. The van der Waals surface area contributed by atoms with Crippen LogP contribution in [0.2, 0.25) is 0 Å². The predicted molar refractivity (Wildman–Crippen MR) is 81.2 cm³/mol. The smallest absolute Gasteiger partial charge is 0.315 e. The largest absolute Gasteiger partial charge is 0.403 e. The van der Waals surface area contributed by atoms with Gasteiger partial charge in [-0.3, -0.25) is 0 Å². The molecule has 0 amide bonds. The molecule has 0 saturated carbocycles. The van der Waals surface area contributed by atoms with Gasteiger partial charge in [0.05, 0.1) is 0 Å². The van der Waals surface area contributed by atoms with Crippen molar-refractivity contribution in [3.05, 3.63) is 35.9 Å². The number of benzene rings is 1. The van der Waals surface area contributed by atoms with Crippen molar-refractivity contribution in [2.24, 2.45) is 5.73 Å². The number of nitrogens with one attached hydrogen (secondary N) is 1. The highest BCUT2D eigenvalue weighted by Crippen LogP contribution is 2.23. The second-order valence-electron chi connectivity index (χ2n) is 4.34. The molecule has 5 nitrogen and oxygen atoms in total. The van der Waals surface area contributed by atoms with Gasteiger partial charge in [0.15, 0.2) is 0 Å². The summed E-state index contributed by atoms with van der Waals surface area (Å²) in [6.45, 7) is 5.41. The average Bonchev–Trinajstić information content (AvgIpc) is 2.94. The van der Waals surface area contributed by atoms with Crippen molar-refractivity contribution < 1.29 is 4.42 Å². The number of hydrogen-bond donors (Lipinski definition) is 2. The SMILES string of the molecule is CCNc1nnc(-c2ccc(/C(=C/CN)CC)cc2)o1. The van der Waals surface area contributed by atoms with Crippen LogP contribution >= 0.6 is 0 Å². The van der Waals surface area contributed by atoms with E-state index in [0.717, 1.165) is 18.5 Å². The molecule has 0 aliphatic rings. The quantitative estimate of drug-likeness (QED) is 0.845. The first-order chi connectivity index (χ1) is 9.78. The zero-order valence-corrected chi connectivity index (χ0v) is 11.9. The minimum atomic E-state index is 0.448. The molecule has 0 saturated heterocycles. The van der Waals surface area contributed by atoms with Crippen LogP contribution in [-0.2, 0) is 0 Å². The van der Waals surface area contributed by atoms with Gasteiger partial charge in [0.25, 0.3) is 0 Å². The normalized spacial score (nSPS) is 11.7. The highest BCUT2D eigenvalue weighted by atomic mass is 16.4. The molecule has 2 aromatic rings. The van der Waals surface area contributed by atoms with E-state index in [0.29, 0.717) is 18.5 Å². The van der Waals surface area contributed by atoms with Crippen LogP contribution in [0.5, 0.6) is 0 Å². The van der Waals surface area contributed by atoms with E-state index in [-0.39, 0.29) is 0 Å². The van der Waals surface area contributed by atoms with Gasteiger partial charge >= 0.3 is 6.01 Å². The Morgan fingerprint density at radius 1 is 1.25 bits per heavy atom. The van der Waals surface area contributed by atoms with Crippen molar-refractivity contribution in [1.82, 2.24) is 10.2 Å². The van der Waals surface area contributed by atoms with Crippen molar-refractivity contribution in [3.63, 3.8) is 0 Å². The number of nitrogens with two attached hydrogens (primary N) is 1. The Balaban J connectivity index is 2.20. The van der Waals surface area contributed by atoms with Gasteiger partial charge in [-0.25, -0.2) is 0 Å². The van der Waals surface area contributed by atoms with Gasteiger partial charge in [0.1, 0.15) is 0 Å². The molecule has 20 heavy (non-hydrogen) atoms. The molecule has 0 aliphatic heterocycles. The van der Waals surface area contributed by atoms with Crippen molar-refractivity contribution in [2.45, 2.75) is 20.3 Å². The highest BCUT2D eigenvalue weighted by molar-refractivity contribution is 5.68. The maximum Gasteiger partial charge on any atom is 0.315 e. The molecule has 0 aliphatic carbocycles. The lowest BCUT2D eigenvalue weighted by Gasteiger charge is -2.05. The van der Waals surface area contributed by atoms with Crippen LogP contribution in [0.4, 0.5) is 6.01 Å². The van der Waals surface area contributed by atoms with E-state index < -0.39 is 0 Å². The maximum absolute atomic E-state index is 5.58. The number of allylic oxidation sites excluding steroid dienone is 1. The molecule has 2 rings (SSSR count). The molecule has 1 aromatic heterocycles.